The molecule has 410 valence electrons. The number of hydrogen-bond donors (Lipinski definition) is 6. The smallest absolute Gasteiger partial charge is 0.407 e. The second kappa shape index (κ2) is 24.4. The summed E-state index contributed by atoms with van der Waals surface area (Å²) >= 11 is 0. The monoisotopic (exact) mass is 1070 g/mol. The van der Waals surface area contributed by atoms with Crippen LogP contribution in [0.5, 0.6) is 0 Å². The third kappa shape index (κ3) is 13.7. The van der Waals surface area contributed by atoms with Crippen LogP contribution < -0.4 is 26.3 Å². The van der Waals surface area contributed by atoms with Crippen molar-refractivity contribution in [3.05, 3.63) is 101 Å². The number of alkyl halides is 4. The van der Waals surface area contributed by atoms with Crippen LogP contribution in [0.2, 0.25) is 0 Å². The number of fused-ring (bicyclic) bond motifs is 2. The first kappa shape index (κ1) is 56.8. The second-order valence-electron chi connectivity index (χ2n) is 20.6. The topological polar surface area (TPSA) is 216 Å². The van der Waals surface area contributed by atoms with Crippen LogP contribution >= 0.6 is 0 Å². The van der Waals surface area contributed by atoms with Gasteiger partial charge in [0.1, 0.15) is 29.5 Å². The number of piperazine rings is 1. The van der Waals surface area contributed by atoms with Crippen LogP contribution in [0.3, 0.4) is 0 Å². The standard InChI is InChI=1S/C52H62F6N10O8/c1-51(2,28-53)44(63-50(74)75-5)46(70)61-41(16-31-9-6-30(7-10-31)8-11-32-12-15-43(59-19-32)65-22-35-13-14-36(23-65)68(35)37-26-76-27-37)42(69)25-66(64-47(71)45(62-49(72)73)52(3,4)29-54)24-38-39(55)17-33(18-40(38)56)34-20-60-67(21-34)48(57)58/h6-7,9-10,12,15,17-21,35-37,41-42,44-45,48,62,69H,13-14,16,22-29H2,1-5H3,(H,61,70)(H,63,74)(H,64,71)(H,72,73). The summed E-state index contributed by atoms with van der Waals surface area (Å²) in [5.74, 6) is 2.45. The first-order chi connectivity index (χ1) is 36.1. The molecule has 2 bridgehead atoms. The average Bonchev–Trinajstić information content (AvgIpc) is 3.96. The number of aliphatic hydroxyl groups is 1. The number of methoxy groups -OCH3 is 1. The van der Waals surface area contributed by atoms with Gasteiger partial charge in [-0.15, -0.1) is 0 Å². The summed E-state index contributed by atoms with van der Waals surface area (Å²) in [5, 5.41) is 32.9. The molecule has 3 saturated heterocycles. The molecule has 3 fully saturated rings. The van der Waals surface area contributed by atoms with Gasteiger partial charge in [-0.3, -0.25) is 28.7 Å². The molecular formula is C52H62F6N10O8. The van der Waals surface area contributed by atoms with Crippen LogP contribution in [0, 0.1) is 34.3 Å². The van der Waals surface area contributed by atoms with Crippen LogP contribution in [-0.4, -0.2) is 155 Å². The fraction of sp³-hybridized carbons (Fsp3) is 0.500. The summed E-state index contributed by atoms with van der Waals surface area (Å²) in [6.07, 6.45) is 1.06. The van der Waals surface area contributed by atoms with Gasteiger partial charge >= 0.3 is 18.7 Å². The van der Waals surface area contributed by atoms with Gasteiger partial charge in [0.25, 0.3) is 5.91 Å². The van der Waals surface area contributed by atoms with E-state index in [1.165, 1.54) is 27.7 Å². The third-order valence-electron chi connectivity index (χ3n) is 14.0. The normalized spacial score (nSPS) is 18.5. The lowest BCUT2D eigenvalue weighted by atomic mass is 9.84. The molecule has 76 heavy (non-hydrogen) atoms. The molecule has 0 spiro atoms. The number of carbonyl (C=O) groups is 4. The lowest BCUT2D eigenvalue weighted by Crippen LogP contribution is -2.62. The predicted molar refractivity (Wildman–Crippen MR) is 265 cm³/mol. The van der Waals surface area contributed by atoms with Gasteiger partial charge in [-0.2, -0.15) is 13.9 Å². The third-order valence-corrected chi connectivity index (χ3v) is 14.0. The van der Waals surface area contributed by atoms with Gasteiger partial charge in [-0.25, -0.2) is 33.0 Å². The number of pyridine rings is 1. The molecule has 6 atom stereocenters. The summed E-state index contributed by atoms with van der Waals surface area (Å²) in [6, 6.07) is 8.83. The van der Waals surface area contributed by atoms with Crippen LogP contribution in [0.1, 0.15) is 69.3 Å². The fourth-order valence-corrected chi connectivity index (χ4v) is 9.55. The molecule has 3 aliphatic heterocycles. The minimum Gasteiger partial charge on any atom is -0.465 e. The number of hydrazine groups is 1. The Balaban J connectivity index is 1.14. The van der Waals surface area contributed by atoms with Crippen molar-refractivity contribution in [2.45, 2.75) is 102 Å². The van der Waals surface area contributed by atoms with E-state index >= 15 is 8.78 Å². The molecule has 4 amide bonds. The number of aliphatic hydroxyl groups excluding tert-OH is 1. The highest BCUT2D eigenvalue weighted by atomic mass is 19.3. The molecule has 2 aromatic carbocycles. The van der Waals surface area contributed by atoms with E-state index in [1.807, 2.05) is 17.4 Å². The zero-order valence-corrected chi connectivity index (χ0v) is 42.5. The van der Waals surface area contributed by atoms with E-state index in [1.54, 1.807) is 30.5 Å². The minimum atomic E-state index is -3.04. The first-order valence-corrected chi connectivity index (χ1v) is 24.6. The SMILES string of the molecule is COC(=O)NC(C(=O)NC(Cc1ccc(C#Cc2ccc(N3CC4CCC(C3)N4C3COC3)nc2)cc1)C(O)CN(Cc1c(F)cc(-c2cnn(C(F)F)c2)cc1F)NC(=O)C(NC(=O)O)C(C)(C)CF)C(C)(C)CF. The quantitative estimate of drug-likeness (QED) is 0.0354. The van der Waals surface area contributed by atoms with Gasteiger partial charge in [0, 0.05) is 83.7 Å². The summed E-state index contributed by atoms with van der Waals surface area (Å²) in [7, 11) is 1.03. The molecule has 6 unspecified atom stereocenters. The molecule has 18 nitrogen and oxygen atoms in total. The zero-order valence-electron chi connectivity index (χ0n) is 42.5. The van der Waals surface area contributed by atoms with Crippen LogP contribution in [0.4, 0.5) is 41.7 Å². The number of carbonyl (C=O) groups excluding carboxylic acids is 3. The minimum absolute atomic E-state index is 0.0649. The van der Waals surface area contributed by atoms with Gasteiger partial charge < -0.3 is 40.5 Å². The van der Waals surface area contributed by atoms with Crippen molar-refractivity contribution in [2.75, 3.05) is 58.2 Å². The molecule has 0 radical (unpaired) electrons. The number of nitrogens with one attached hydrogen (secondary N) is 4. The molecule has 24 heteroatoms. The van der Waals surface area contributed by atoms with Crippen molar-refractivity contribution in [2.24, 2.45) is 10.8 Å². The van der Waals surface area contributed by atoms with Gasteiger partial charge in [0.15, 0.2) is 0 Å². The largest absolute Gasteiger partial charge is 0.465 e. The lowest BCUT2D eigenvalue weighted by Gasteiger charge is -2.47. The fourth-order valence-electron chi connectivity index (χ4n) is 9.55. The van der Waals surface area contributed by atoms with Gasteiger partial charge in [-0.05, 0) is 66.8 Å². The molecule has 2 aromatic heterocycles. The summed E-state index contributed by atoms with van der Waals surface area (Å²) in [6.45, 7) is 1.52. The van der Waals surface area contributed by atoms with Crippen LogP contribution in [-0.2, 0) is 32.0 Å². The van der Waals surface area contributed by atoms with Crippen molar-refractivity contribution in [1.82, 2.24) is 46.0 Å². The number of rotatable bonds is 21. The molecular weight excluding hydrogens is 1010 g/mol. The predicted octanol–water partition coefficient (Wildman–Crippen LogP) is 5.34. The number of ether oxygens (including phenoxy) is 2. The van der Waals surface area contributed by atoms with E-state index in [4.69, 9.17) is 9.72 Å². The van der Waals surface area contributed by atoms with E-state index < -0.39 is 109 Å². The summed E-state index contributed by atoms with van der Waals surface area (Å²) in [4.78, 5) is 61.9. The number of anilines is 1. The van der Waals surface area contributed by atoms with Crippen molar-refractivity contribution < 1.29 is 65.2 Å². The van der Waals surface area contributed by atoms with E-state index in [0.29, 0.717) is 34.8 Å². The maximum Gasteiger partial charge on any atom is 0.407 e. The molecule has 7 rings (SSSR count). The van der Waals surface area contributed by atoms with Gasteiger partial charge in [0.05, 0.1) is 58.1 Å². The number of amides is 4. The van der Waals surface area contributed by atoms with E-state index in [-0.39, 0.29) is 22.2 Å². The lowest BCUT2D eigenvalue weighted by molar-refractivity contribution is -0.133. The molecule has 4 aromatic rings. The number of carboxylic acid groups (broad SMARTS) is 1. The number of nitrogens with zero attached hydrogens (tertiary/aromatic N) is 6. The van der Waals surface area contributed by atoms with Gasteiger partial charge in [-0.1, -0.05) is 51.7 Å². The Kier molecular flexibility index (Phi) is 18.2. The average molecular weight is 1070 g/mol. The van der Waals surface area contributed by atoms with Crippen molar-refractivity contribution >= 4 is 29.8 Å². The summed E-state index contributed by atoms with van der Waals surface area (Å²) < 4.78 is 97.7. The number of alkyl carbamates (subject to hydrolysis) is 1. The second-order valence-corrected chi connectivity index (χ2v) is 20.6. The highest BCUT2D eigenvalue weighted by Gasteiger charge is 2.46. The highest BCUT2D eigenvalue weighted by molar-refractivity contribution is 5.87. The Bertz CT molecular complexity index is 2720. The van der Waals surface area contributed by atoms with Crippen molar-refractivity contribution in [3.63, 3.8) is 0 Å². The molecule has 0 aliphatic carbocycles. The highest BCUT2D eigenvalue weighted by Crippen LogP contribution is 2.36. The Labute approximate surface area is 435 Å². The molecule has 5 heterocycles. The van der Waals surface area contributed by atoms with Crippen LogP contribution in [0.15, 0.2) is 67.1 Å². The maximum atomic E-state index is 16.0. The van der Waals surface area contributed by atoms with Crippen molar-refractivity contribution in [3.8, 4) is 23.0 Å². The van der Waals surface area contributed by atoms with E-state index in [9.17, 15) is 47.0 Å². The van der Waals surface area contributed by atoms with E-state index in [0.717, 1.165) is 81.6 Å². The Morgan fingerprint density at radius 3 is 1.97 bits per heavy atom. The Morgan fingerprint density at radius 1 is 0.842 bits per heavy atom. The Morgan fingerprint density at radius 2 is 1.45 bits per heavy atom. The number of aromatic nitrogens is 3. The number of halogens is 6. The van der Waals surface area contributed by atoms with Gasteiger partial charge in [0.2, 0.25) is 5.91 Å². The van der Waals surface area contributed by atoms with Crippen LogP contribution in [0.25, 0.3) is 11.1 Å². The molecule has 6 N–H and O–H groups in total. The van der Waals surface area contributed by atoms with Crippen molar-refractivity contribution in [1.29, 1.82) is 0 Å². The maximum absolute atomic E-state index is 16.0. The summed E-state index contributed by atoms with van der Waals surface area (Å²) in [5.41, 5.74) is -0.103. The number of hydrogen-bond acceptors (Lipinski definition) is 12. The first-order valence-electron chi connectivity index (χ1n) is 24.6. The molecule has 3 aliphatic rings. The number of benzene rings is 2. The van der Waals surface area contributed by atoms with E-state index in [2.05, 4.69) is 47.5 Å². The molecule has 0 saturated carbocycles. The zero-order chi connectivity index (χ0) is 55.1. The Hall–Kier alpha value is -6.94.